The monoisotopic (exact) mass is 359 g/mol. The molecule has 7 heteroatoms. The second-order valence-corrected chi connectivity index (χ2v) is 6.31. The standard InChI is InChI=1S/C18H18FN3O2S/c1-22-17(13-3-7-15(23-2)8-4-13)20-21-18(22)25-12-11-24-16-9-5-14(19)6-10-16/h3-10H,11-12H2,1-2H3. The molecule has 3 rings (SSSR count). The van der Waals surface area contributed by atoms with Gasteiger partial charge in [0.05, 0.1) is 13.7 Å². The van der Waals surface area contributed by atoms with Crippen molar-refractivity contribution in [2.45, 2.75) is 5.16 Å². The maximum absolute atomic E-state index is 12.8. The number of methoxy groups -OCH3 is 1. The van der Waals surface area contributed by atoms with Crippen LogP contribution in [0.25, 0.3) is 11.4 Å². The molecule has 0 aliphatic rings. The van der Waals surface area contributed by atoms with Crippen LogP contribution in [0.4, 0.5) is 4.39 Å². The molecule has 0 radical (unpaired) electrons. The molecule has 3 aromatic rings. The summed E-state index contributed by atoms with van der Waals surface area (Å²) < 4.78 is 25.5. The normalized spacial score (nSPS) is 10.7. The third kappa shape index (κ3) is 4.30. The van der Waals surface area contributed by atoms with E-state index in [0.29, 0.717) is 18.1 Å². The molecule has 1 heterocycles. The van der Waals surface area contributed by atoms with Crippen LogP contribution in [0.2, 0.25) is 0 Å². The molecule has 130 valence electrons. The number of ether oxygens (including phenoxy) is 2. The van der Waals surface area contributed by atoms with Crippen LogP contribution in [0.5, 0.6) is 11.5 Å². The number of halogens is 1. The number of aromatic nitrogens is 3. The fraction of sp³-hybridized carbons (Fsp3) is 0.222. The molecule has 0 atom stereocenters. The van der Waals surface area contributed by atoms with Crippen LogP contribution in [-0.2, 0) is 7.05 Å². The molecular weight excluding hydrogens is 341 g/mol. The van der Waals surface area contributed by atoms with Gasteiger partial charge in [-0.15, -0.1) is 10.2 Å². The van der Waals surface area contributed by atoms with E-state index in [4.69, 9.17) is 9.47 Å². The minimum atomic E-state index is -0.271. The molecule has 0 aliphatic carbocycles. The molecule has 0 N–H and O–H groups in total. The average Bonchev–Trinajstić information content (AvgIpc) is 3.01. The Kier molecular flexibility index (Phi) is 5.55. The Morgan fingerprint density at radius 1 is 1.00 bits per heavy atom. The first kappa shape index (κ1) is 17.3. The predicted octanol–water partition coefficient (Wildman–Crippen LogP) is 3.80. The van der Waals surface area contributed by atoms with Crippen molar-refractivity contribution >= 4 is 11.8 Å². The molecule has 0 bridgehead atoms. The number of hydrogen-bond donors (Lipinski definition) is 0. The molecule has 2 aromatic carbocycles. The van der Waals surface area contributed by atoms with Gasteiger partial charge >= 0.3 is 0 Å². The number of benzene rings is 2. The van der Waals surface area contributed by atoms with E-state index < -0.39 is 0 Å². The Bertz CT molecular complexity index is 819. The molecule has 0 amide bonds. The number of nitrogens with zero attached hydrogens (tertiary/aromatic N) is 3. The summed E-state index contributed by atoms with van der Waals surface area (Å²) in [4.78, 5) is 0. The Morgan fingerprint density at radius 3 is 2.36 bits per heavy atom. The second-order valence-electron chi connectivity index (χ2n) is 5.24. The Hall–Kier alpha value is -2.54. The lowest BCUT2D eigenvalue weighted by Crippen LogP contribution is -2.02. The molecule has 0 unspecified atom stereocenters. The molecule has 0 spiro atoms. The van der Waals surface area contributed by atoms with Gasteiger partial charge in [-0.25, -0.2) is 4.39 Å². The summed E-state index contributed by atoms with van der Waals surface area (Å²) in [6.07, 6.45) is 0. The van der Waals surface area contributed by atoms with Crippen LogP contribution >= 0.6 is 11.8 Å². The van der Waals surface area contributed by atoms with Crippen molar-refractivity contribution in [3.05, 3.63) is 54.3 Å². The van der Waals surface area contributed by atoms with E-state index in [1.807, 2.05) is 35.9 Å². The summed E-state index contributed by atoms with van der Waals surface area (Å²) in [7, 11) is 3.57. The minimum Gasteiger partial charge on any atom is -0.497 e. The van der Waals surface area contributed by atoms with Crippen LogP contribution in [0, 0.1) is 5.82 Å². The summed E-state index contributed by atoms with van der Waals surface area (Å²) >= 11 is 1.56. The van der Waals surface area contributed by atoms with Crippen molar-refractivity contribution in [1.29, 1.82) is 0 Å². The zero-order valence-electron chi connectivity index (χ0n) is 14.0. The van der Waals surface area contributed by atoms with Crippen LogP contribution in [0.15, 0.2) is 53.7 Å². The molecule has 0 aliphatic heterocycles. The lowest BCUT2D eigenvalue weighted by atomic mass is 10.2. The first-order chi connectivity index (χ1) is 12.2. The fourth-order valence-corrected chi connectivity index (χ4v) is 2.98. The van der Waals surface area contributed by atoms with E-state index in [-0.39, 0.29) is 5.82 Å². The highest BCUT2D eigenvalue weighted by atomic mass is 32.2. The molecule has 5 nitrogen and oxygen atoms in total. The summed E-state index contributed by atoms with van der Waals surface area (Å²) in [5.74, 6) is 2.69. The van der Waals surface area contributed by atoms with Crippen molar-refractivity contribution in [2.75, 3.05) is 19.5 Å². The largest absolute Gasteiger partial charge is 0.497 e. The first-order valence-electron chi connectivity index (χ1n) is 7.72. The van der Waals surface area contributed by atoms with Gasteiger partial charge in [0.25, 0.3) is 0 Å². The van der Waals surface area contributed by atoms with Gasteiger partial charge in [0, 0.05) is 18.4 Å². The smallest absolute Gasteiger partial charge is 0.191 e. The highest BCUT2D eigenvalue weighted by Gasteiger charge is 2.11. The van der Waals surface area contributed by atoms with E-state index in [1.54, 1.807) is 31.0 Å². The van der Waals surface area contributed by atoms with Crippen molar-refractivity contribution < 1.29 is 13.9 Å². The van der Waals surface area contributed by atoms with Gasteiger partial charge in [-0.3, -0.25) is 0 Å². The quantitative estimate of drug-likeness (QED) is 0.474. The molecule has 0 fully saturated rings. The van der Waals surface area contributed by atoms with Gasteiger partial charge < -0.3 is 14.0 Å². The molecule has 0 saturated heterocycles. The summed E-state index contributed by atoms with van der Waals surface area (Å²) in [6, 6.07) is 13.7. The fourth-order valence-electron chi connectivity index (χ4n) is 2.26. The van der Waals surface area contributed by atoms with Crippen LogP contribution in [0.3, 0.4) is 0 Å². The minimum absolute atomic E-state index is 0.271. The first-order valence-corrected chi connectivity index (χ1v) is 8.71. The van der Waals surface area contributed by atoms with Crippen LogP contribution in [-0.4, -0.2) is 34.2 Å². The van der Waals surface area contributed by atoms with Crippen molar-refractivity contribution in [1.82, 2.24) is 14.8 Å². The number of hydrogen-bond acceptors (Lipinski definition) is 5. The van der Waals surface area contributed by atoms with Gasteiger partial charge in [0.2, 0.25) is 0 Å². The van der Waals surface area contributed by atoms with Gasteiger partial charge in [-0.2, -0.15) is 0 Å². The maximum atomic E-state index is 12.8. The van der Waals surface area contributed by atoms with Crippen molar-refractivity contribution in [2.24, 2.45) is 7.05 Å². The molecule has 25 heavy (non-hydrogen) atoms. The molecule has 1 aromatic heterocycles. The predicted molar refractivity (Wildman–Crippen MR) is 95.6 cm³/mol. The van der Waals surface area contributed by atoms with Gasteiger partial charge in [0.15, 0.2) is 11.0 Å². The zero-order valence-corrected chi connectivity index (χ0v) is 14.8. The highest BCUT2D eigenvalue weighted by molar-refractivity contribution is 7.99. The summed E-state index contributed by atoms with van der Waals surface area (Å²) in [6.45, 7) is 0.501. The Morgan fingerprint density at radius 2 is 1.68 bits per heavy atom. The van der Waals surface area contributed by atoms with Gasteiger partial charge in [-0.1, -0.05) is 11.8 Å². The topological polar surface area (TPSA) is 49.2 Å². The average molecular weight is 359 g/mol. The number of thioether (sulfide) groups is 1. The SMILES string of the molecule is COc1ccc(-c2nnc(SCCOc3ccc(F)cc3)n2C)cc1. The van der Waals surface area contributed by atoms with E-state index >= 15 is 0 Å². The number of rotatable bonds is 7. The zero-order chi connectivity index (χ0) is 17.6. The summed E-state index contributed by atoms with van der Waals surface area (Å²) in [5.41, 5.74) is 0.977. The Labute approximate surface area is 149 Å². The van der Waals surface area contributed by atoms with Crippen molar-refractivity contribution in [3.8, 4) is 22.9 Å². The Balaban J connectivity index is 1.56. The van der Waals surface area contributed by atoms with E-state index in [2.05, 4.69) is 10.2 Å². The van der Waals surface area contributed by atoms with Crippen LogP contribution < -0.4 is 9.47 Å². The molecule has 0 saturated carbocycles. The van der Waals surface area contributed by atoms with E-state index in [0.717, 1.165) is 22.3 Å². The van der Waals surface area contributed by atoms with Crippen LogP contribution in [0.1, 0.15) is 0 Å². The summed E-state index contributed by atoms with van der Waals surface area (Å²) in [5, 5.41) is 9.30. The molecular formula is C18H18FN3O2S. The van der Waals surface area contributed by atoms with Gasteiger partial charge in [0.1, 0.15) is 17.3 Å². The lowest BCUT2D eigenvalue weighted by molar-refractivity contribution is 0.343. The maximum Gasteiger partial charge on any atom is 0.191 e. The van der Waals surface area contributed by atoms with E-state index in [9.17, 15) is 4.39 Å². The highest BCUT2D eigenvalue weighted by Crippen LogP contribution is 2.24. The lowest BCUT2D eigenvalue weighted by Gasteiger charge is -2.06. The van der Waals surface area contributed by atoms with E-state index in [1.165, 1.54) is 12.1 Å². The van der Waals surface area contributed by atoms with Gasteiger partial charge in [-0.05, 0) is 48.5 Å². The second kappa shape index (κ2) is 8.02. The third-order valence-corrected chi connectivity index (χ3v) is 4.56. The van der Waals surface area contributed by atoms with Crippen molar-refractivity contribution in [3.63, 3.8) is 0 Å². The third-order valence-electron chi connectivity index (χ3n) is 3.58.